The summed E-state index contributed by atoms with van der Waals surface area (Å²) >= 11 is 6.07. The molecule has 5 aliphatic rings. The van der Waals surface area contributed by atoms with Crippen molar-refractivity contribution in [2.45, 2.75) is 68.4 Å². The van der Waals surface area contributed by atoms with Crippen LogP contribution in [0.4, 0.5) is 0 Å². The summed E-state index contributed by atoms with van der Waals surface area (Å²) in [6.07, 6.45) is 10.0. The molecule has 0 amide bonds. The summed E-state index contributed by atoms with van der Waals surface area (Å²) < 4.78 is 0. The van der Waals surface area contributed by atoms with Crippen molar-refractivity contribution in [1.82, 2.24) is 4.90 Å². The van der Waals surface area contributed by atoms with Gasteiger partial charge >= 0.3 is 0 Å². The van der Waals surface area contributed by atoms with Crippen molar-refractivity contribution in [2.75, 3.05) is 0 Å². The smallest absolute Gasteiger partial charge is 0.185 e. The van der Waals surface area contributed by atoms with Crippen molar-refractivity contribution in [3.05, 3.63) is 34.9 Å². The topological polar surface area (TPSA) is 71.1 Å². The van der Waals surface area contributed by atoms with Gasteiger partial charge in [-0.1, -0.05) is 30.2 Å². The molecular formula is C22H26ClN3O. The van der Waals surface area contributed by atoms with Gasteiger partial charge in [-0.15, -0.1) is 0 Å². The van der Waals surface area contributed by atoms with E-state index in [2.05, 4.69) is 6.19 Å². The summed E-state index contributed by atoms with van der Waals surface area (Å²) in [5.41, 5.74) is 0.234. The Balaban J connectivity index is 1.46. The lowest BCUT2D eigenvalue weighted by molar-refractivity contribution is -0.147. The average molecular weight is 384 g/mol. The lowest BCUT2D eigenvalue weighted by Gasteiger charge is -2.60. The largest absolute Gasteiger partial charge is 0.390 e. The molecule has 4 nitrogen and oxygen atoms in total. The van der Waals surface area contributed by atoms with Crippen molar-refractivity contribution in [2.24, 2.45) is 17.8 Å². The van der Waals surface area contributed by atoms with Crippen molar-refractivity contribution < 1.29 is 5.11 Å². The van der Waals surface area contributed by atoms with Gasteiger partial charge < -0.3 is 5.11 Å². The monoisotopic (exact) mass is 383 g/mol. The molecule has 5 heteroatoms. The molecule has 0 saturated heterocycles. The molecule has 5 fully saturated rings. The molecule has 1 aromatic rings. The van der Waals surface area contributed by atoms with Gasteiger partial charge in [-0.3, -0.25) is 10.3 Å². The van der Waals surface area contributed by atoms with E-state index in [1.54, 1.807) is 4.90 Å². The Kier molecular flexibility index (Phi) is 3.87. The molecule has 1 aromatic carbocycles. The van der Waals surface area contributed by atoms with Crippen molar-refractivity contribution in [3.63, 3.8) is 0 Å². The Labute approximate surface area is 165 Å². The fourth-order valence-electron chi connectivity index (χ4n) is 6.83. The van der Waals surface area contributed by atoms with Crippen LogP contribution in [0, 0.1) is 34.6 Å². The molecule has 2 N–H and O–H groups in total. The first-order valence-electron chi connectivity index (χ1n) is 10.2. The molecule has 5 aliphatic carbocycles. The van der Waals surface area contributed by atoms with Crippen molar-refractivity contribution >= 4 is 17.4 Å². The van der Waals surface area contributed by atoms with Crippen LogP contribution in [-0.2, 0) is 5.41 Å². The van der Waals surface area contributed by atoms with Crippen LogP contribution in [0.2, 0.25) is 5.02 Å². The third-order valence-corrected chi connectivity index (χ3v) is 8.15. The van der Waals surface area contributed by atoms with Crippen molar-refractivity contribution in [3.8, 4) is 6.19 Å². The van der Waals surface area contributed by atoms with E-state index < -0.39 is 5.60 Å². The maximum atomic E-state index is 10.9. The van der Waals surface area contributed by atoms with Crippen LogP contribution in [0.5, 0.6) is 0 Å². The van der Waals surface area contributed by atoms with E-state index in [1.807, 2.05) is 24.3 Å². The molecule has 5 saturated carbocycles. The van der Waals surface area contributed by atoms with Gasteiger partial charge in [-0.2, -0.15) is 5.26 Å². The molecule has 2 unspecified atom stereocenters. The number of amidine groups is 1. The van der Waals surface area contributed by atoms with Crippen LogP contribution in [0.3, 0.4) is 0 Å². The van der Waals surface area contributed by atoms with Crippen LogP contribution in [-0.4, -0.2) is 27.5 Å². The summed E-state index contributed by atoms with van der Waals surface area (Å²) in [6, 6.07) is 7.90. The number of halogens is 1. The molecule has 142 valence electrons. The second kappa shape index (κ2) is 5.96. The summed E-state index contributed by atoms with van der Waals surface area (Å²) in [4.78, 5) is 1.74. The van der Waals surface area contributed by atoms with E-state index in [1.165, 1.54) is 0 Å². The maximum absolute atomic E-state index is 10.9. The van der Waals surface area contributed by atoms with Crippen LogP contribution in [0.15, 0.2) is 24.3 Å². The molecule has 0 heterocycles. The second-order valence-electron chi connectivity index (χ2n) is 9.45. The van der Waals surface area contributed by atoms with Crippen LogP contribution in [0.25, 0.3) is 0 Å². The van der Waals surface area contributed by atoms with E-state index in [9.17, 15) is 10.4 Å². The normalized spacial score (nSPS) is 38.1. The van der Waals surface area contributed by atoms with Gasteiger partial charge in [0, 0.05) is 5.02 Å². The minimum absolute atomic E-state index is 0.0871. The van der Waals surface area contributed by atoms with Gasteiger partial charge in [0.15, 0.2) is 6.19 Å². The second-order valence-corrected chi connectivity index (χ2v) is 9.88. The SMILES string of the molecule is N#CN(C(=N)C1(c2ccc(Cl)cc2)CCC1)C1C2CC3CC1CC(O)(C3)C2. The first-order valence-corrected chi connectivity index (χ1v) is 10.6. The van der Waals surface area contributed by atoms with Crippen molar-refractivity contribution in [1.29, 1.82) is 10.7 Å². The first kappa shape index (κ1) is 17.5. The minimum atomic E-state index is -0.513. The van der Waals surface area contributed by atoms with E-state index >= 15 is 0 Å². The summed E-state index contributed by atoms with van der Waals surface area (Å²) in [7, 11) is 0. The fourth-order valence-corrected chi connectivity index (χ4v) is 6.96. The lowest BCUT2D eigenvalue weighted by Crippen LogP contribution is -2.63. The standard InChI is InChI=1S/C22H26ClN3O/c23-18-4-2-17(3-5-18)22(6-1-7-22)20(25)26(13-24)19-15-8-14-9-16(19)12-21(27,10-14)11-15/h2-5,14-16,19,25,27H,1,6-12H2. The Morgan fingerprint density at radius 3 is 2.26 bits per heavy atom. The van der Waals surface area contributed by atoms with Gasteiger partial charge in [0.1, 0.15) is 5.84 Å². The Morgan fingerprint density at radius 1 is 1.15 bits per heavy atom. The molecule has 4 bridgehead atoms. The van der Waals surface area contributed by atoms with E-state index in [0.717, 1.165) is 56.9 Å². The number of aliphatic hydroxyl groups is 1. The van der Waals surface area contributed by atoms with Crippen LogP contribution >= 0.6 is 11.6 Å². The van der Waals surface area contributed by atoms with E-state index in [-0.39, 0.29) is 11.5 Å². The molecule has 27 heavy (non-hydrogen) atoms. The highest BCUT2D eigenvalue weighted by molar-refractivity contribution is 6.30. The quantitative estimate of drug-likeness (QED) is 0.350. The zero-order valence-corrected chi connectivity index (χ0v) is 16.3. The summed E-state index contributed by atoms with van der Waals surface area (Å²) in [5.74, 6) is 1.74. The zero-order valence-electron chi connectivity index (χ0n) is 15.5. The number of benzene rings is 1. The van der Waals surface area contributed by atoms with Gasteiger partial charge in [0.25, 0.3) is 0 Å². The third kappa shape index (κ3) is 2.55. The lowest BCUT2D eigenvalue weighted by atomic mass is 9.51. The predicted molar refractivity (Wildman–Crippen MR) is 104 cm³/mol. The molecule has 0 aliphatic heterocycles. The van der Waals surface area contributed by atoms with E-state index in [4.69, 9.17) is 17.0 Å². The number of hydrogen-bond donors (Lipinski definition) is 2. The predicted octanol–water partition coefficient (Wildman–Crippen LogP) is 4.46. The van der Waals surface area contributed by atoms with Gasteiger partial charge in [-0.25, -0.2) is 0 Å². The summed E-state index contributed by atoms with van der Waals surface area (Å²) in [5, 5.41) is 30.7. The molecular weight excluding hydrogens is 358 g/mol. The molecule has 0 spiro atoms. The van der Waals surface area contributed by atoms with Crippen LogP contribution in [0.1, 0.15) is 56.9 Å². The highest BCUT2D eigenvalue weighted by Gasteiger charge is 2.58. The number of nitriles is 1. The minimum Gasteiger partial charge on any atom is -0.390 e. The van der Waals surface area contributed by atoms with Gasteiger partial charge in [-0.05, 0) is 80.4 Å². The Morgan fingerprint density at radius 2 is 1.78 bits per heavy atom. The van der Waals surface area contributed by atoms with Crippen LogP contribution < -0.4 is 0 Å². The highest BCUT2D eigenvalue weighted by Crippen LogP contribution is 2.57. The zero-order chi connectivity index (χ0) is 18.8. The highest BCUT2D eigenvalue weighted by atomic mass is 35.5. The van der Waals surface area contributed by atoms with E-state index in [0.29, 0.717) is 28.6 Å². The number of rotatable bonds is 3. The van der Waals surface area contributed by atoms with Gasteiger partial charge in [0.2, 0.25) is 0 Å². The number of nitrogens with zero attached hydrogens (tertiary/aromatic N) is 2. The Hall–Kier alpha value is -1.57. The molecule has 2 atom stereocenters. The molecule has 0 aromatic heterocycles. The maximum Gasteiger partial charge on any atom is 0.185 e. The summed E-state index contributed by atoms with van der Waals surface area (Å²) in [6.45, 7) is 0. The average Bonchev–Trinajstić information content (AvgIpc) is 2.57. The number of nitrogens with one attached hydrogen (secondary N) is 1. The Bertz CT molecular complexity index is 794. The number of hydrogen-bond acceptors (Lipinski definition) is 3. The fraction of sp³-hybridized carbons (Fsp3) is 0.636. The van der Waals surface area contributed by atoms with Gasteiger partial charge in [0.05, 0.1) is 17.1 Å². The third-order valence-electron chi connectivity index (χ3n) is 7.90. The first-order chi connectivity index (χ1) is 12.9. The molecule has 6 rings (SSSR count). The molecule has 0 radical (unpaired) electrons.